The maximum absolute atomic E-state index is 13.1. The lowest BCUT2D eigenvalue weighted by Gasteiger charge is -2.12. The highest BCUT2D eigenvalue weighted by molar-refractivity contribution is 7.91. The average Bonchev–Trinajstić information content (AvgIpc) is 3.01. The summed E-state index contributed by atoms with van der Waals surface area (Å²) >= 11 is 0. The Morgan fingerprint density at radius 2 is 1.79 bits per heavy atom. The van der Waals surface area contributed by atoms with E-state index < -0.39 is 26.5 Å². The Balaban J connectivity index is 2.22. The van der Waals surface area contributed by atoms with Crippen LogP contribution in [0, 0.1) is 6.92 Å². The molecule has 3 aromatic heterocycles. The Hall–Kier alpha value is -2.82. The van der Waals surface area contributed by atoms with Crippen LogP contribution in [0.25, 0.3) is 23.0 Å². The Labute approximate surface area is 159 Å². The first-order chi connectivity index (χ1) is 13.0. The molecule has 0 saturated heterocycles. The van der Waals surface area contributed by atoms with E-state index >= 15 is 0 Å². The summed E-state index contributed by atoms with van der Waals surface area (Å²) in [5.41, 5.74) is 0.0827. The predicted molar refractivity (Wildman–Crippen MR) is 94.9 cm³/mol. The largest absolute Gasteiger partial charge is 0.417 e. The van der Waals surface area contributed by atoms with E-state index in [1.165, 1.54) is 11.5 Å². The lowest BCUT2D eigenvalue weighted by Crippen LogP contribution is -2.13. The molecular weight excluding hydrogens is 395 g/mol. The molecule has 0 amide bonds. The van der Waals surface area contributed by atoms with E-state index in [2.05, 4.69) is 20.2 Å². The van der Waals surface area contributed by atoms with E-state index in [9.17, 15) is 21.6 Å². The number of rotatable bonds is 4. The van der Waals surface area contributed by atoms with Crippen LogP contribution in [-0.2, 0) is 23.1 Å². The van der Waals surface area contributed by atoms with E-state index in [1.54, 1.807) is 25.4 Å². The number of sulfone groups is 1. The fourth-order valence-corrected chi connectivity index (χ4v) is 3.63. The van der Waals surface area contributed by atoms with Crippen molar-refractivity contribution in [3.05, 3.63) is 41.7 Å². The molecule has 0 aliphatic carbocycles. The van der Waals surface area contributed by atoms with Gasteiger partial charge in [-0.15, -0.1) is 10.2 Å². The van der Waals surface area contributed by atoms with Gasteiger partial charge in [-0.25, -0.2) is 8.42 Å². The quantitative estimate of drug-likeness (QED) is 0.655. The third kappa shape index (κ3) is 3.61. The number of halogens is 3. The highest BCUT2D eigenvalue weighted by Crippen LogP contribution is 2.34. The summed E-state index contributed by atoms with van der Waals surface area (Å²) in [5, 5.41) is 7.97. The second-order valence-electron chi connectivity index (χ2n) is 6.10. The number of hydrogen-bond acceptors (Lipinski definition) is 6. The van der Waals surface area contributed by atoms with Crippen LogP contribution in [0.2, 0.25) is 0 Å². The smallest absolute Gasteiger partial charge is 0.307 e. The van der Waals surface area contributed by atoms with Gasteiger partial charge >= 0.3 is 6.18 Å². The van der Waals surface area contributed by atoms with Crippen molar-refractivity contribution in [1.29, 1.82) is 0 Å². The van der Waals surface area contributed by atoms with Gasteiger partial charge in [0.25, 0.3) is 0 Å². The third-order valence-electron chi connectivity index (χ3n) is 4.13. The van der Waals surface area contributed by atoms with Crippen molar-refractivity contribution < 1.29 is 21.6 Å². The van der Waals surface area contributed by atoms with Gasteiger partial charge in [0.05, 0.1) is 16.2 Å². The van der Waals surface area contributed by atoms with Crippen molar-refractivity contribution in [3.8, 4) is 23.0 Å². The minimum absolute atomic E-state index is 0.0269. The van der Waals surface area contributed by atoms with Crippen molar-refractivity contribution in [2.45, 2.75) is 24.9 Å². The lowest BCUT2D eigenvalue weighted by molar-refractivity contribution is -0.138. The minimum atomic E-state index is -4.72. The molecule has 3 aromatic rings. The number of aromatic nitrogens is 5. The number of alkyl halides is 3. The van der Waals surface area contributed by atoms with E-state index in [1.807, 2.05) is 6.92 Å². The van der Waals surface area contributed by atoms with Gasteiger partial charge in [-0.2, -0.15) is 13.2 Å². The summed E-state index contributed by atoms with van der Waals surface area (Å²) < 4.78 is 65.5. The van der Waals surface area contributed by atoms with Crippen LogP contribution in [0.4, 0.5) is 13.2 Å². The van der Waals surface area contributed by atoms with Crippen molar-refractivity contribution in [2.75, 3.05) is 5.75 Å². The molecule has 0 N–H and O–H groups in total. The first kappa shape index (κ1) is 19.9. The van der Waals surface area contributed by atoms with Gasteiger partial charge < -0.3 is 4.57 Å². The molecule has 0 bridgehead atoms. The molecule has 0 radical (unpaired) electrons. The molecule has 0 aliphatic rings. The molecule has 0 fully saturated rings. The number of pyridine rings is 2. The summed E-state index contributed by atoms with van der Waals surface area (Å²) in [6.45, 7) is 3.21. The first-order valence-electron chi connectivity index (χ1n) is 8.17. The summed E-state index contributed by atoms with van der Waals surface area (Å²) in [6, 6.07) is 4.14. The zero-order chi connectivity index (χ0) is 20.7. The fourth-order valence-electron chi connectivity index (χ4n) is 2.58. The first-order valence-corrected chi connectivity index (χ1v) is 9.82. The van der Waals surface area contributed by atoms with Gasteiger partial charge in [0, 0.05) is 19.4 Å². The van der Waals surface area contributed by atoms with E-state index in [0.717, 1.165) is 5.56 Å². The zero-order valence-electron chi connectivity index (χ0n) is 15.2. The molecule has 7 nitrogen and oxygen atoms in total. The second-order valence-corrected chi connectivity index (χ2v) is 8.34. The highest BCUT2D eigenvalue weighted by atomic mass is 32.2. The van der Waals surface area contributed by atoms with Crippen LogP contribution < -0.4 is 0 Å². The molecule has 0 aromatic carbocycles. The van der Waals surface area contributed by atoms with Crippen LogP contribution in [0.15, 0.2) is 35.5 Å². The van der Waals surface area contributed by atoms with Gasteiger partial charge in [-0.1, -0.05) is 6.92 Å². The molecule has 0 unspecified atom stereocenters. The Morgan fingerprint density at radius 1 is 1.11 bits per heavy atom. The number of aryl methyl sites for hydroxylation is 1. The average molecular weight is 411 g/mol. The molecule has 0 aliphatic heterocycles. The van der Waals surface area contributed by atoms with E-state index in [0.29, 0.717) is 23.8 Å². The van der Waals surface area contributed by atoms with Crippen LogP contribution in [0.1, 0.15) is 18.1 Å². The maximum Gasteiger partial charge on any atom is 0.417 e. The van der Waals surface area contributed by atoms with Crippen LogP contribution in [-0.4, -0.2) is 38.9 Å². The Kier molecular flexibility index (Phi) is 4.96. The maximum atomic E-state index is 13.1. The van der Waals surface area contributed by atoms with Crippen LogP contribution in [0.5, 0.6) is 0 Å². The second kappa shape index (κ2) is 6.97. The number of hydrogen-bond donors (Lipinski definition) is 0. The van der Waals surface area contributed by atoms with Crippen molar-refractivity contribution in [3.63, 3.8) is 0 Å². The third-order valence-corrected chi connectivity index (χ3v) is 5.87. The molecule has 148 valence electrons. The van der Waals surface area contributed by atoms with Crippen molar-refractivity contribution in [1.82, 2.24) is 24.7 Å². The molecule has 0 atom stereocenters. The minimum Gasteiger partial charge on any atom is -0.307 e. The van der Waals surface area contributed by atoms with Crippen LogP contribution >= 0.6 is 0 Å². The lowest BCUT2D eigenvalue weighted by atomic mass is 10.2. The summed E-state index contributed by atoms with van der Waals surface area (Å²) in [4.78, 5) is 7.43. The number of nitrogens with zero attached hydrogens (tertiary/aromatic N) is 5. The Morgan fingerprint density at radius 3 is 2.39 bits per heavy atom. The summed E-state index contributed by atoms with van der Waals surface area (Å²) in [6.07, 6.45) is -2.55. The van der Waals surface area contributed by atoms with Gasteiger partial charge in [0.2, 0.25) is 0 Å². The normalized spacial score (nSPS) is 12.4. The predicted octanol–water partition coefficient (Wildman–Crippen LogP) is 3.06. The van der Waals surface area contributed by atoms with Crippen molar-refractivity contribution in [2.24, 2.45) is 7.05 Å². The monoisotopic (exact) mass is 411 g/mol. The molecule has 0 saturated carbocycles. The molecule has 11 heteroatoms. The fraction of sp³-hybridized carbons (Fsp3) is 0.294. The van der Waals surface area contributed by atoms with E-state index in [-0.39, 0.29) is 17.3 Å². The van der Waals surface area contributed by atoms with Gasteiger partial charge in [0.15, 0.2) is 21.5 Å². The van der Waals surface area contributed by atoms with Gasteiger partial charge in [-0.3, -0.25) is 9.97 Å². The molecule has 0 spiro atoms. The molecule has 3 heterocycles. The molecular formula is C17H16F3N5O2S. The summed E-state index contributed by atoms with van der Waals surface area (Å²) in [5.74, 6) is -0.0213. The Bertz CT molecular complexity index is 1140. The molecule has 28 heavy (non-hydrogen) atoms. The highest BCUT2D eigenvalue weighted by Gasteiger charge is 2.34. The SMILES string of the molecule is CCS(=O)(=O)c1cc(C(F)(F)F)cnc1-c1nnc(-c2cc(C)ccn2)n1C. The molecule has 3 rings (SSSR count). The van der Waals surface area contributed by atoms with Crippen molar-refractivity contribution >= 4 is 9.84 Å². The van der Waals surface area contributed by atoms with Gasteiger partial charge in [-0.05, 0) is 30.7 Å². The van der Waals surface area contributed by atoms with Gasteiger partial charge in [0.1, 0.15) is 11.4 Å². The zero-order valence-corrected chi connectivity index (χ0v) is 16.0. The van der Waals surface area contributed by atoms with Crippen LogP contribution in [0.3, 0.4) is 0 Å². The topological polar surface area (TPSA) is 90.6 Å². The standard InChI is InChI=1S/C17H16F3N5O2S/c1-4-28(26,27)13-8-11(17(18,19)20)9-22-14(13)16-24-23-15(25(16)3)12-7-10(2)5-6-21-12/h5-9H,4H2,1-3H3. The summed E-state index contributed by atoms with van der Waals surface area (Å²) in [7, 11) is -2.43. The van der Waals surface area contributed by atoms with E-state index in [4.69, 9.17) is 0 Å².